The summed E-state index contributed by atoms with van der Waals surface area (Å²) in [5.41, 5.74) is 17.5. The minimum Gasteiger partial charge on any atom is -0.370 e. The Morgan fingerprint density at radius 2 is 1.72 bits per heavy atom. The Kier molecular flexibility index (Phi) is 12.0. The number of aliphatic imine (C=N–C) groups is 1. The van der Waals surface area contributed by atoms with E-state index in [1.165, 1.54) is 5.56 Å². The molecule has 1 unspecified atom stereocenters. The first-order valence-electron chi connectivity index (χ1n) is 15.7. The lowest BCUT2D eigenvalue weighted by Gasteiger charge is -2.17. The van der Waals surface area contributed by atoms with Crippen LogP contribution < -0.4 is 16.8 Å². The molecular formula is C37H42N8O2. The Morgan fingerprint density at radius 1 is 0.957 bits per heavy atom. The molecule has 0 saturated carbocycles. The maximum Gasteiger partial charge on any atom is 0.255 e. The van der Waals surface area contributed by atoms with Crippen molar-refractivity contribution in [3.63, 3.8) is 0 Å². The second-order valence-corrected chi connectivity index (χ2v) is 10.8. The van der Waals surface area contributed by atoms with Crippen molar-refractivity contribution in [3.8, 4) is 11.4 Å². The molecule has 1 amide bonds. The van der Waals surface area contributed by atoms with Crippen LogP contribution in [-0.4, -0.2) is 44.4 Å². The van der Waals surface area contributed by atoms with Crippen molar-refractivity contribution >= 4 is 45.8 Å². The first-order chi connectivity index (χ1) is 22.8. The van der Waals surface area contributed by atoms with Crippen LogP contribution in [0.4, 0.5) is 5.69 Å². The van der Waals surface area contributed by atoms with E-state index in [2.05, 4.69) is 39.6 Å². The highest BCUT2D eigenvalue weighted by Crippen LogP contribution is 2.31. The van der Waals surface area contributed by atoms with Crippen LogP contribution in [-0.2, 0) is 4.79 Å². The molecule has 6 rings (SSSR count). The Balaban J connectivity index is 0.000000486. The lowest BCUT2D eigenvalue weighted by molar-refractivity contribution is -0.110. The maximum atomic E-state index is 13.1. The number of nitrogens with two attached hydrogens (primary N) is 2. The summed E-state index contributed by atoms with van der Waals surface area (Å²) >= 11 is 0. The Bertz CT molecular complexity index is 1960. The van der Waals surface area contributed by atoms with E-state index in [0.717, 1.165) is 33.8 Å². The molecule has 0 aliphatic rings. The van der Waals surface area contributed by atoms with Gasteiger partial charge in [0.25, 0.3) is 5.91 Å². The quantitative estimate of drug-likeness (QED) is 0.0586. The number of carbonyl (C=O) groups is 2. The number of aldehydes is 1. The number of H-pyrrole nitrogens is 1. The summed E-state index contributed by atoms with van der Waals surface area (Å²) in [6.45, 7) is 8.51. The summed E-state index contributed by atoms with van der Waals surface area (Å²) in [7, 11) is 0. The van der Waals surface area contributed by atoms with Gasteiger partial charge in [0.2, 0.25) is 0 Å². The Labute approximate surface area is 274 Å². The molecule has 6 aromatic rings. The van der Waals surface area contributed by atoms with Crippen LogP contribution in [0, 0.1) is 13.8 Å². The number of rotatable bonds is 9. The molecule has 1 atom stereocenters. The summed E-state index contributed by atoms with van der Waals surface area (Å²) in [6.07, 6.45) is 3.80. The summed E-state index contributed by atoms with van der Waals surface area (Å²) < 4.78 is 1.93. The Hall–Kier alpha value is -5.77. The normalized spacial score (nSPS) is 11.1. The molecule has 2 aromatic heterocycles. The van der Waals surface area contributed by atoms with Crippen LogP contribution in [0.5, 0.6) is 0 Å². The van der Waals surface area contributed by atoms with Crippen LogP contribution in [0.1, 0.15) is 54.2 Å². The third-order valence-corrected chi connectivity index (χ3v) is 7.31. The van der Waals surface area contributed by atoms with Crippen LogP contribution in [0.2, 0.25) is 0 Å². The van der Waals surface area contributed by atoms with Gasteiger partial charge in [-0.3, -0.25) is 14.9 Å². The van der Waals surface area contributed by atoms with Crippen molar-refractivity contribution in [1.29, 1.82) is 0 Å². The van der Waals surface area contributed by atoms with E-state index in [1.807, 2.05) is 92.1 Å². The predicted octanol–water partition coefficient (Wildman–Crippen LogP) is 6.96. The molecule has 2 heterocycles. The zero-order chi connectivity index (χ0) is 33.8. The molecular weight excluding hydrogens is 588 g/mol. The molecule has 10 nitrogen and oxygen atoms in total. The smallest absolute Gasteiger partial charge is 0.255 e. The summed E-state index contributed by atoms with van der Waals surface area (Å²) in [4.78, 5) is 34.3. The highest BCUT2D eigenvalue weighted by molar-refractivity contribution is 6.06. The number of imidazole rings is 1. The molecule has 4 aromatic carbocycles. The average molecular weight is 631 g/mol. The number of carbonyl (C=O) groups excluding carboxylic acids is 2. The van der Waals surface area contributed by atoms with Crippen LogP contribution in [0.3, 0.4) is 0 Å². The van der Waals surface area contributed by atoms with Gasteiger partial charge in [-0.1, -0.05) is 73.5 Å². The number of nitrogens with zero attached hydrogens (tertiary/aromatic N) is 4. The molecule has 0 fully saturated rings. The first-order valence-corrected chi connectivity index (χ1v) is 15.7. The summed E-state index contributed by atoms with van der Waals surface area (Å²) in [5, 5.41) is 10.8. The second kappa shape index (κ2) is 16.5. The largest absolute Gasteiger partial charge is 0.370 e. The van der Waals surface area contributed by atoms with E-state index >= 15 is 0 Å². The fourth-order valence-electron chi connectivity index (χ4n) is 5.08. The predicted molar refractivity (Wildman–Crippen MR) is 191 cm³/mol. The van der Waals surface area contributed by atoms with Gasteiger partial charge in [0.1, 0.15) is 12.1 Å². The first kappa shape index (κ1) is 34.1. The number of benzene rings is 4. The number of aromatic amines is 1. The number of aryl methyl sites for hydroxylation is 2. The average Bonchev–Trinajstić information content (AvgIpc) is 3.71. The molecule has 0 bridgehead atoms. The van der Waals surface area contributed by atoms with E-state index in [4.69, 9.17) is 16.5 Å². The van der Waals surface area contributed by atoms with Crippen LogP contribution >= 0.6 is 0 Å². The van der Waals surface area contributed by atoms with Crippen molar-refractivity contribution in [3.05, 3.63) is 114 Å². The number of hydrogen-bond acceptors (Lipinski definition) is 5. The van der Waals surface area contributed by atoms with E-state index in [1.54, 1.807) is 18.3 Å². The lowest BCUT2D eigenvalue weighted by Crippen LogP contribution is -2.23. The topological polar surface area (TPSA) is 157 Å². The number of nitrogens with one attached hydrogen (secondary N) is 2. The minimum atomic E-state index is -0.481. The van der Waals surface area contributed by atoms with Gasteiger partial charge in [-0.15, -0.1) is 0 Å². The second-order valence-electron chi connectivity index (χ2n) is 10.8. The summed E-state index contributed by atoms with van der Waals surface area (Å²) in [6, 6.07) is 28.6. The van der Waals surface area contributed by atoms with Gasteiger partial charge in [0.05, 0.1) is 28.8 Å². The zero-order valence-electron chi connectivity index (χ0n) is 27.3. The van der Waals surface area contributed by atoms with Crippen molar-refractivity contribution in [2.75, 3.05) is 11.9 Å². The van der Waals surface area contributed by atoms with Gasteiger partial charge in [-0.05, 0) is 69.2 Å². The van der Waals surface area contributed by atoms with Gasteiger partial charge >= 0.3 is 0 Å². The Morgan fingerprint density at radius 3 is 2.40 bits per heavy atom. The molecule has 47 heavy (non-hydrogen) atoms. The van der Waals surface area contributed by atoms with Gasteiger partial charge in [0.15, 0.2) is 5.96 Å². The monoisotopic (exact) mass is 630 g/mol. The fraction of sp³-hybridized carbons (Fsp3) is 0.216. The number of fused-ring (bicyclic) bond motifs is 2. The van der Waals surface area contributed by atoms with Gasteiger partial charge in [0, 0.05) is 28.7 Å². The molecule has 242 valence electrons. The third-order valence-electron chi connectivity index (χ3n) is 7.31. The SMILES string of the molecule is CC.Cc1cccc(-c2nc3cc(C(=O)Nc4ccc5cn[nH]c5c4)ccc3n2C(C=O)CCCN=C(N)N)c1.Cc1ccccc1. The van der Waals surface area contributed by atoms with E-state index < -0.39 is 6.04 Å². The van der Waals surface area contributed by atoms with Crippen molar-refractivity contribution in [1.82, 2.24) is 19.7 Å². The molecule has 0 spiro atoms. The van der Waals surface area contributed by atoms with Crippen LogP contribution in [0.25, 0.3) is 33.3 Å². The number of anilines is 1. The van der Waals surface area contributed by atoms with E-state index in [9.17, 15) is 9.59 Å². The maximum absolute atomic E-state index is 13.1. The standard InChI is InChI=1S/C28H28N8O2.C7H8.C2H6/c1-17-4-2-5-18(12-17)26-34-24-13-19(27(38)33-21-9-7-20-15-32-35-23(20)14-21)8-10-25(24)36(26)22(16-37)6-3-11-31-28(29)30;1-7-5-3-2-4-6-7;1-2/h2,4-5,7-10,12-16,22H,3,6,11H2,1H3,(H,32,35)(H,33,38)(H4,29,30,31);2-6H,1H3;1-2H3. The van der Waals surface area contributed by atoms with Gasteiger partial charge in [-0.2, -0.15) is 5.10 Å². The molecule has 0 saturated heterocycles. The van der Waals surface area contributed by atoms with Crippen LogP contribution in [0.15, 0.2) is 102 Å². The van der Waals surface area contributed by atoms with E-state index in [-0.39, 0.29) is 11.9 Å². The van der Waals surface area contributed by atoms with Gasteiger partial charge < -0.3 is 26.1 Å². The molecule has 0 aliphatic carbocycles. The molecule has 6 N–H and O–H groups in total. The highest BCUT2D eigenvalue weighted by Gasteiger charge is 2.21. The van der Waals surface area contributed by atoms with Crippen molar-refractivity contribution < 1.29 is 9.59 Å². The summed E-state index contributed by atoms with van der Waals surface area (Å²) in [5.74, 6) is 0.419. The number of hydrogen-bond donors (Lipinski definition) is 4. The number of guanidine groups is 1. The zero-order valence-corrected chi connectivity index (χ0v) is 27.3. The minimum absolute atomic E-state index is 0.0245. The van der Waals surface area contributed by atoms with E-state index in [0.29, 0.717) is 42.0 Å². The number of amides is 1. The van der Waals surface area contributed by atoms with Gasteiger partial charge in [-0.25, -0.2) is 4.98 Å². The molecule has 0 aliphatic heterocycles. The molecule has 10 heteroatoms. The van der Waals surface area contributed by atoms with Crippen molar-refractivity contribution in [2.45, 2.75) is 46.6 Å². The highest BCUT2D eigenvalue weighted by atomic mass is 16.1. The third kappa shape index (κ3) is 8.91. The lowest BCUT2D eigenvalue weighted by atomic mass is 10.1. The molecule has 0 radical (unpaired) electrons. The van der Waals surface area contributed by atoms with Crippen molar-refractivity contribution in [2.24, 2.45) is 16.5 Å². The number of aromatic nitrogens is 4. The fourth-order valence-corrected chi connectivity index (χ4v) is 5.08.